The first-order chi connectivity index (χ1) is 10.2. The molecule has 7 heteroatoms. The van der Waals surface area contributed by atoms with Gasteiger partial charge in [0.25, 0.3) is 0 Å². The fraction of sp³-hybridized carbons (Fsp3) is 0.643. The highest BCUT2D eigenvalue weighted by atomic mass is 16.7. The highest BCUT2D eigenvalue weighted by molar-refractivity contribution is 5.79. The summed E-state index contributed by atoms with van der Waals surface area (Å²) >= 11 is 0. The Morgan fingerprint density at radius 1 is 1.43 bits per heavy atom. The molecule has 7 nitrogen and oxygen atoms in total. The van der Waals surface area contributed by atoms with E-state index in [1.54, 1.807) is 32.7 Å². The summed E-state index contributed by atoms with van der Waals surface area (Å²) in [6, 6.07) is 1.78. The van der Waals surface area contributed by atoms with Gasteiger partial charge < -0.3 is 19.7 Å². The van der Waals surface area contributed by atoms with E-state index in [-0.39, 0.29) is 11.8 Å². The van der Waals surface area contributed by atoms with Crippen LogP contribution in [0.4, 0.5) is 5.95 Å². The van der Waals surface area contributed by atoms with E-state index in [2.05, 4.69) is 20.2 Å². The Hall–Kier alpha value is -1.73. The molecule has 1 N–H and O–H groups in total. The standard InChI is InChI=1S/C14H22N4O3/c1-20-12(21-2)9-17-13(19)11-5-3-8-18(10-11)14-15-6-4-7-16-14/h4,6-7,11-12H,3,5,8-10H2,1-2H3,(H,17,19)/t11-/m1/s1. The van der Waals surface area contributed by atoms with Gasteiger partial charge in [-0.15, -0.1) is 0 Å². The average molecular weight is 294 g/mol. The quantitative estimate of drug-likeness (QED) is 0.767. The van der Waals surface area contributed by atoms with Gasteiger partial charge in [0, 0.05) is 39.7 Å². The highest BCUT2D eigenvalue weighted by Gasteiger charge is 2.27. The summed E-state index contributed by atoms with van der Waals surface area (Å²) in [5.41, 5.74) is 0. The summed E-state index contributed by atoms with van der Waals surface area (Å²) in [4.78, 5) is 22.8. The van der Waals surface area contributed by atoms with E-state index in [0.29, 0.717) is 19.0 Å². The molecule has 0 radical (unpaired) electrons. The van der Waals surface area contributed by atoms with Crippen LogP contribution in [0.2, 0.25) is 0 Å². The fourth-order valence-corrected chi connectivity index (χ4v) is 2.42. The van der Waals surface area contributed by atoms with Crippen LogP contribution in [0.25, 0.3) is 0 Å². The number of methoxy groups -OCH3 is 2. The third-order valence-corrected chi connectivity index (χ3v) is 3.60. The number of nitrogens with zero attached hydrogens (tertiary/aromatic N) is 3. The number of ether oxygens (including phenoxy) is 2. The van der Waals surface area contributed by atoms with Crippen molar-refractivity contribution >= 4 is 11.9 Å². The van der Waals surface area contributed by atoms with E-state index >= 15 is 0 Å². The van der Waals surface area contributed by atoms with Crippen LogP contribution in [0, 0.1) is 5.92 Å². The highest BCUT2D eigenvalue weighted by Crippen LogP contribution is 2.20. The molecule has 1 aliphatic heterocycles. The number of rotatable bonds is 6. The van der Waals surface area contributed by atoms with Gasteiger partial charge in [-0.05, 0) is 18.9 Å². The number of aromatic nitrogens is 2. The van der Waals surface area contributed by atoms with Gasteiger partial charge in [-0.3, -0.25) is 4.79 Å². The molecule has 1 atom stereocenters. The molecule has 2 rings (SSSR count). The van der Waals surface area contributed by atoms with Gasteiger partial charge in [0.1, 0.15) is 0 Å². The third kappa shape index (κ3) is 4.37. The second kappa shape index (κ2) is 7.90. The van der Waals surface area contributed by atoms with Crippen molar-refractivity contribution in [1.29, 1.82) is 0 Å². The topological polar surface area (TPSA) is 76.6 Å². The minimum absolute atomic E-state index is 0.0229. The molecule has 1 amide bonds. The van der Waals surface area contributed by atoms with E-state index in [0.717, 1.165) is 19.4 Å². The molecule has 1 aromatic rings. The van der Waals surface area contributed by atoms with Gasteiger partial charge in [-0.25, -0.2) is 9.97 Å². The van der Waals surface area contributed by atoms with Crippen LogP contribution >= 0.6 is 0 Å². The molecule has 1 saturated heterocycles. The Morgan fingerprint density at radius 3 is 2.81 bits per heavy atom. The smallest absolute Gasteiger partial charge is 0.225 e. The van der Waals surface area contributed by atoms with Gasteiger partial charge in [0.05, 0.1) is 12.5 Å². The lowest BCUT2D eigenvalue weighted by molar-refractivity contribution is -0.131. The van der Waals surface area contributed by atoms with Crippen LogP contribution < -0.4 is 10.2 Å². The second-order valence-corrected chi connectivity index (χ2v) is 4.98. The normalized spacial score (nSPS) is 18.8. The van der Waals surface area contributed by atoms with Crippen LogP contribution in [-0.4, -0.2) is 56.0 Å². The molecular formula is C14H22N4O3. The number of nitrogens with one attached hydrogen (secondary N) is 1. The van der Waals surface area contributed by atoms with Crippen molar-refractivity contribution in [2.45, 2.75) is 19.1 Å². The Bertz CT molecular complexity index is 439. The number of hydrogen-bond acceptors (Lipinski definition) is 6. The zero-order valence-electron chi connectivity index (χ0n) is 12.5. The Kier molecular flexibility index (Phi) is 5.89. The van der Waals surface area contributed by atoms with E-state index < -0.39 is 6.29 Å². The summed E-state index contributed by atoms with van der Waals surface area (Å²) in [6.45, 7) is 1.87. The van der Waals surface area contributed by atoms with Crippen molar-refractivity contribution in [2.75, 3.05) is 38.8 Å². The first kappa shape index (κ1) is 15.7. The SMILES string of the molecule is COC(CNC(=O)[C@@H]1CCCN(c2ncccn2)C1)OC. The van der Waals surface area contributed by atoms with Gasteiger partial charge in [-0.1, -0.05) is 0 Å². The van der Waals surface area contributed by atoms with Gasteiger partial charge >= 0.3 is 0 Å². The molecule has 0 spiro atoms. The molecular weight excluding hydrogens is 272 g/mol. The summed E-state index contributed by atoms with van der Waals surface area (Å²) in [5, 5.41) is 2.87. The molecule has 0 bridgehead atoms. The minimum atomic E-state index is -0.411. The van der Waals surface area contributed by atoms with E-state index in [1.165, 1.54) is 0 Å². The lowest BCUT2D eigenvalue weighted by atomic mass is 9.97. The zero-order valence-corrected chi connectivity index (χ0v) is 12.5. The van der Waals surface area contributed by atoms with Crippen LogP contribution in [0.1, 0.15) is 12.8 Å². The minimum Gasteiger partial charge on any atom is -0.354 e. The van der Waals surface area contributed by atoms with Gasteiger partial charge in [0.15, 0.2) is 6.29 Å². The predicted octanol–water partition coefficient (Wildman–Crippen LogP) is 0.428. The lowest BCUT2D eigenvalue weighted by Crippen LogP contribution is -2.45. The third-order valence-electron chi connectivity index (χ3n) is 3.60. The van der Waals surface area contributed by atoms with E-state index in [9.17, 15) is 4.79 Å². The molecule has 0 aliphatic carbocycles. The van der Waals surface area contributed by atoms with Gasteiger partial charge in [-0.2, -0.15) is 0 Å². The van der Waals surface area contributed by atoms with Crippen molar-refractivity contribution in [3.63, 3.8) is 0 Å². The van der Waals surface area contributed by atoms with Crippen molar-refractivity contribution in [1.82, 2.24) is 15.3 Å². The molecule has 0 saturated carbocycles. The molecule has 1 aliphatic rings. The van der Waals surface area contributed by atoms with Crippen molar-refractivity contribution < 1.29 is 14.3 Å². The summed E-state index contributed by atoms with van der Waals surface area (Å²) in [5.74, 6) is 0.647. The predicted molar refractivity (Wildman–Crippen MR) is 77.8 cm³/mol. The first-order valence-corrected chi connectivity index (χ1v) is 7.10. The number of amides is 1. The number of hydrogen-bond donors (Lipinski definition) is 1. The maximum absolute atomic E-state index is 12.2. The van der Waals surface area contributed by atoms with Crippen molar-refractivity contribution in [2.24, 2.45) is 5.92 Å². The average Bonchev–Trinajstić information content (AvgIpc) is 2.56. The Balaban J connectivity index is 1.87. The van der Waals surface area contributed by atoms with Crippen LogP contribution in [0.15, 0.2) is 18.5 Å². The fourth-order valence-electron chi connectivity index (χ4n) is 2.42. The van der Waals surface area contributed by atoms with Crippen LogP contribution in [-0.2, 0) is 14.3 Å². The lowest BCUT2D eigenvalue weighted by Gasteiger charge is -2.32. The van der Waals surface area contributed by atoms with E-state index in [1.807, 2.05) is 0 Å². The maximum Gasteiger partial charge on any atom is 0.225 e. The number of carbonyl (C=O) groups is 1. The van der Waals surface area contributed by atoms with Crippen molar-refractivity contribution in [3.8, 4) is 0 Å². The largest absolute Gasteiger partial charge is 0.354 e. The van der Waals surface area contributed by atoms with Gasteiger partial charge in [0.2, 0.25) is 11.9 Å². The number of carbonyl (C=O) groups excluding carboxylic acids is 1. The first-order valence-electron chi connectivity index (χ1n) is 7.10. The molecule has 0 unspecified atom stereocenters. The molecule has 1 fully saturated rings. The molecule has 21 heavy (non-hydrogen) atoms. The summed E-state index contributed by atoms with van der Waals surface area (Å²) in [6.07, 6.45) is 4.85. The monoisotopic (exact) mass is 294 g/mol. The van der Waals surface area contributed by atoms with Crippen LogP contribution in [0.3, 0.4) is 0 Å². The second-order valence-electron chi connectivity index (χ2n) is 4.98. The van der Waals surface area contributed by atoms with Crippen LogP contribution in [0.5, 0.6) is 0 Å². The molecule has 2 heterocycles. The summed E-state index contributed by atoms with van der Waals surface area (Å²) in [7, 11) is 3.10. The molecule has 1 aromatic heterocycles. The molecule has 116 valence electrons. The molecule has 0 aromatic carbocycles. The Labute approximate surface area is 124 Å². The number of piperidine rings is 1. The Morgan fingerprint density at radius 2 is 2.14 bits per heavy atom. The van der Waals surface area contributed by atoms with E-state index in [4.69, 9.17) is 9.47 Å². The summed E-state index contributed by atoms with van der Waals surface area (Å²) < 4.78 is 10.1. The number of anilines is 1. The maximum atomic E-state index is 12.2. The zero-order chi connectivity index (χ0) is 15.1. The van der Waals surface area contributed by atoms with Crippen molar-refractivity contribution in [3.05, 3.63) is 18.5 Å².